The Morgan fingerprint density at radius 1 is 1.21 bits per heavy atom. The number of aromatic nitrogens is 1. The van der Waals surface area contributed by atoms with Crippen molar-refractivity contribution in [1.82, 2.24) is 14.8 Å². The number of ketones is 1. The molecule has 53 heavy (non-hydrogen) atoms. The Bertz CT molecular complexity index is 1920. The second-order valence-corrected chi connectivity index (χ2v) is 16.2. The van der Waals surface area contributed by atoms with E-state index in [1.807, 2.05) is 6.92 Å². The number of carbonyl (C=O) groups excluding carboxylic acids is 5. The SMILES string of the molecule is C[C@@H]1S[C@@H]2[C@H](CC(=O)/C(=N\OC(C)(C)C(=O)[O-])c3csc(N)n3)C(=O)N2C(C(=O)[O-])=C1C[N+]12CCC[C@H]1CN(C(=O)c1cc(O)c(O)c(F)c1)CC2.[Na+]. The van der Waals surface area contributed by atoms with Crippen LogP contribution >= 0.6 is 23.1 Å². The second-order valence-electron chi connectivity index (χ2n) is 13.9. The number of thioether (sulfide) groups is 1. The first-order valence-electron chi connectivity index (χ1n) is 16.5. The van der Waals surface area contributed by atoms with E-state index in [0.29, 0.717) is 29.7 Å². The minimum atomic E-state index is -1.89. The van der Waals surface area contributed by atoms with E-state index in [1.54, 1.807) is 4.90 Å². The number of amides is 2. The average molecular weight is 783 g/mol. The van der Waals surface area contributed by atoms with Gasteiger partial charge in [-0.1, -0.05) is 5.16 Å². The molecule has 6 rings (SSSR count). The predicted octanol–water partition coefficient (Wildman–Crippen LogP) is -3.45. The predicted molar refractivity (Wildman–Crippen MR) is 180 cm³/mol. The quantitative estimate of drug-likeness (QED) is 0.0503. The number of thiazole rings is 1. The van der Waals surface area contributed by atoms with Gasteiger partial charge in [0.15, 0.2) is 39.5 Å². The van der Waals surface area contributed by atoms with Crippen LogP contribution in [0, 0.1) is 11.7 Å². The van der Waals surface area contributed by atoms with Crippen molar-refractivity contribution in [3.8, 4) is 11.5 Å². The van der Waals surface area contributed by atoms with Crippen LogP contribution in [0.3, 0.4) is 0 Å². The van der Waals surface area contributed by atoms with Gasteiger partial charge in [0, 0.05) is 41.0 Å². The number of β-lactam (4-membered cyclic amide) rings is 1. The zero-order chi connectivity index (χ0) is 37.9. The van der Waals surface area contributed by atoms with Crippen molar-refractivity contribution < 1.29 is 87.7 Å². The normalized spacial score (nSPS) is 25.6. The maximum Gasteiger partial charge on any atom is 1.00 e. The summed E-state index contributed by atoms with van der Waals surface area (Å²) in [4.78, 5) is 76.6. The van der Waals surface area contributed by atoms with Gasteiger partial charge < -0.3 is 50.0 Å². The fourth-order valence-corrected chi connectivity index (χ4v) is 9.38. The van der Waals surface area contributed by atoms with Crippen molar-refractivity contribution in [2.45, 2.75) is 62.3 Å². The number of carboxylic acid groups (broad SMARTS) is 2. The second kappa shape index (κ2) is 15.2. The third-order valence-corrected chi connectivity index (χ3v) is 12.4. The molecule has 5 heterocycles. The summed E-state index contributed by atoms with van der Waals surface area (Å²) < 4.78 is 14.6. The van der Waals surface area contributed by atoms with Gasteiger partial charge in [-0.2, -0.15) is 0 Å². The molecule has 16 nitrogen and oxygen atoms in total. The number of halogens is 1. The molecule has 2 amide bonds. The third kappa shape index (κ3) is 7.51. The number of piperazine rings is 1. The van der Waals surface area contributed by atoms with Gasteiger partial charge in [0.1, 0.15) is 18.3 Å². The van der Waals surface area contributed by atoms with Gasteiger partial charge in [-0.05, 0) is 32.9 Å². The van der Waals surface area contributed by atoms with Crippen LogP contribution in [0.15, 0.2) is 33.9 Å². The first-order chi connectivity index (χ1) is 24.4. The molecule has 3 fully saturated rings. The Balaban J connectivity index is 0.00000541. The maximum absolute atomic E-state index is 14.1. The summed E-state index contributed by atoms with van der Waals surface area (Å²) in [6.07, 6.45) is 1.16. The molecule has 0 bridgehead atoms. The van der Waals surface area contributed by atoms with Gasteiger partial charge in [-0.3, -0.25) is 19.3 Å². The summed E-state index contributed by atoms with van der Waals surface area (Å²) >= 11 is 2.35. The van der Waals surface area contributed by atoms with Gasteiger partial charge in [0.05, 0.1) is 55.1 Å². The molecule has 4 aliphatic rings. The summed E-state index contributed by atoms with van der Waals surface area (Å²) in [5, 5.41) is 47.8. The molecule has 0 radical (unpaired) electrons. The number of nitrogens with zero attached hydrogens (tertiary/aromatic N) is 5. The molecule has 0 spiro atoms. The number of rotatable bonds is 11. The molecule has 0 aliphatic carbocycles. The van der Waals surface area contributed by atoms with E-state index < -0.39 is 75.4 Å². The molecule has 1 unspecified atom stereocenters. The largest absolute Gasteiger partial charge is 1.00 e. The van der Waals surface area contributed by atoms with E-state index in [-0.39, 0.29) is 76.5 Å². The summed E-state index contributed by atoms with van der Waals surface area (Å²) in [6.45, 7) is 6.21. The number of carbonyl (C=O) groups is 5. The van der Waals surface area contributed by atoms with Crippen LogP contribution in [0.1, 0.15) is 56.1 Å². The van der Waals surface area contributed by atoms with Gasteiger partial charge in [-0.25, -0.2) is 9.37 Å². The monoisotopic (exact) mass is 782 g/mol. The topological polar surface area (TPSA) is 239 Å². The van der Waals surface area contributed by atoms with Gasteiger partial charge in [-0.15, -0.1) is 23.1 Å². The Labute approximate surface area is 333 Å². The minimum Gasteiger partial charge on any atom is -0.546 e. The number of phenols is 2. The minimum absolute atomic E-state index is 0. The van der Waals surface area contributed by atoms with Crippen LogP contribution in [-0.4, -0.2) is 120 Å². The molecule has 3 saturated heterocycles. The number of aliphatic carboxylic acids is 2. The van der Waals surface area contributed by atoms with Crippen LogP contribution in [0.2, 0.25) is 0 Å². The number of fused-ring (bicyclic) bond motifs is 2. The number of anilines is 1. The average Bonchev–Trinajstić information content (AvgIpc) is 3.71. The molecule has 1 aromatic heterocycles. The fourth-order valence-electron chi connectivity index (χ4n) is 7.33. The Morgan fingerprint density at radius 2 is 1.92 bits per heavy atom. The number of benzene rings is 1. The summed E-state index contributed by atoms with van der Waals surface area (Å²) in [6, 6.07) is 1.80. The van der Waals surface area contributed by atoms with E-state index >= 15 is 0 Å². The number of hydrogen-bond acceptors (Lipinski definition) is 15. The number of Topliss-reactive ketones (excluding diaryl/α,β-unsaturated/α-hetero) is 1. The number of aromatic hydroxyl groups is 2. The first kappa shape index (κ1) is 40.4. The number of phenolic OH excluding ortho intramolecular Hbond substituents is 2. The number of carboxylic acids is 2. The third-order valence-electron chi connectivity index (χ3n) is 10.2. The maximum atomic E-state index is 14.1. The Kier molecular flexibility index (Phi) is 11.6. The molecular weight excluding hydrogens is 747 g/mol. The number of nitrogens with two attached hydrogens (primary N) is 1. The zero-order valence-electron chi connectivity index (χ0n) is 29.4. The van der Waals surface area contributed by atoms with E-state index in [4.69, 9.17) is 10.6 Å². The number of quaternary nitrogens is 1. The van der Waals surface area contributed by atoms with E-state index in [0.717, 1.165) is 41.2 Å². The summed E-state index contributed by atoms with van der Waals surface area (Å²) in [5.41, 5.74) is 3.69. The van der Waals surface area contributed by atoms with Crippen LogP contribution < -0.4 is 45.5 Å². The van der Waals surface area contributed by atoms with Crippen LogP contribution in [-0.2, 0) is 24.0 Å². The van der Waals surface area contributed by atoms with Crippen LogP contribution in [0.25, 0.3) is 0 Å². The van der Waals surface area contributed by atoms with Crippen molar-refractivity contribution in [3.63, 3.8) is 0 Å². The molecule has 278 valence electrons. The number of nitrogen functional groups attached to an aromatic ring is 1. The van der Waals surface area contributed by atoms with Crippen molar-refractivity contribution >= 4 is 63.5 Å². The van der Waals surface area contributed by atoms with E-state index in [2.05, 4.69) is 10.1 Å². The van der Waals surface area contributed by atoms with Crippen molar-refractivity contribution in [3.05, 3.63) is 45.9 Å². The smallest absolute Gasteiger partial charge is 0.546 e. The molecule has 5 atom stereocenters. The van der Waals surface area contributed by atoms with Crippen molar-refractivity contribution in [2.75, 3.05) is 38.5 Å². The molecular formula is C33H36FN6NaO10S2. The van der Waals surface area contributed by atoms with Crippen LogP contribution in [0.4, 0.5) is 9.52 Å². The molecule has 1 aromatic carbocycles. The Hall–Kier alpha value is -3.75. The van der Waals surface area contributed by atoms with Crippen molar-refractivity contribution in [1.29, 1.82) is 0 Å². The Morgan fingerprint density at radius 3 is 2.55 bits per heavy atom. The molecule has 0 saturated carbocycles. The van der Waals surface area contributed by atoms with Gasteiger partial charge >= 0.3 is 29.6 Å². The zero-order valence-corrected chi connectivity index (χ0v) is 33.0. The first-order valence-corrected chi connectivity index (χ1v) is 18.3. The van der Waals surface area contributed by atoms with Gasteiger partial charge in [0.2, 0.25) is 5.91 Å². The number of oxime groups is 1. The number of hydrogen-bond donors (Lipinski definition) is 3. The van der Waals surface area contributed by atoms with Gasteiger partial charge in [0.25, 0.3) is 5.91 Å². The molecule has 20 heteroatoms. The summed E-state index contributed by atoms with van der Waals surface area (Å²) in [7, 11) is 0. The van der Waals surface area contributed by atoms with Crippen LogP contribution in [0.5, 0.6) is 11.5 Å². The molecule has 2 aromatic rings. The standard InChI is InChI=1S/C33H37FN6O10S2.Na/c1-15-19(13-40-7-4-5-17(40)12-38(6-8-40)27(44)16-9-20(34)26(43)23(42)10-16)25(30(46)47)39-28(45)18(29(39)52-15)11-22(41)24(21-14-51-32(35)36-21)37-50-33(2,3)31(48)49;/h9-10,14-15,17-18,29H,4-8,11-13H2,1-3H3,(H5-,35,36,37,41,42,43,44,46,47,48,49);/q;+1/p-1/t15-,17-,18+,29+,40?;/m0./s1. The fraction of sp³-hybridized carbons (Fsp3) is 0.485. The summed E-state index contributed by atoms with van der Waals surface area (Å²) in [5.74, 6) is -8.64. The molecule has 4 aliphatic heterocycles. The van der Waals surface area contributed by atoms with Crippen molar-refractivity contribution in [2.24, 2.45) is 11.1 Å². The molecule has 4 N–H and O–H groups in total. The van der Waals surface area contributed by atoms with E-state index in [9.17, 15) is 48.8 Å². The van der Waals surface area contributed by atoms with E-state index in [1.165, 1.54) is 31.0 Å².